The Morgan fingerprint density at radius 2 is 2.38 bits per heavy atom. The molecule has 1 aromatic heterocycles. The summed E-state index contributed by atoms with van der Waals surface area (Å²) < 4.78 is 0. The molecule has 2 unspecified atom stereocenters. The molecule has 2 atom stereocenters. The van der Waals surface area contributed by atoms with Crippen molar-refractivity contribution in [2.24, 2.45) is 5.92 Å². The summed E-state index contributed by atoms with van der Waals surface area (Å²) in [6.07, 6.45) is 4.42. The van der Waals surface area contributed by atoms with Crippen molar-refractivity contribution < 1.29 is 5.11 Å². The molecular weight excluding hydrogens is 222 g/mol. The topological polar surface area (TPSA) is 49.2 Å². The molecule has 0 radical (unpaired) electrons. The third kappa shape index (κ3) is 2.47. The quantitative estimate of drug-likeness (QED) is 0.638. The first-order valence-electron chi connectivity index (χ1n) is 5.49. The largest absolute Gasteiger partial charge is 0.393 e. The first-order valence-corrected chi connectivity index (χ1v) is 6.72. The second-order valence-electron chi connectivity index (χ2n) is 4.15. The molecule has 1 aliphatic rings. The molecule has 0 spiro atoms. The molecule has 16 heavy (non-hydrogen) atoms. The van der Waals surface area contributed by atoms with Gasteiger partial charge in [-0.1, -0.05) is 0 Å². The minimum atomic E-state index is -0.230. The van der Waals surface area contributed by atoms with Crippen LogP contribution in [0.4, 0.5) is 5.82 Å². The van der Waals surface area contributed by atoms with Gasteiger partial charge in [0.05, 0.1) is 6.10 Å². The van der Waals surface area contributed by atoms with Crippen LogP contribution in [0.1, 0.15) is 13.3 Å². The Kier molecular flexibility index (Phi) is 3.66. The fourth-order valence-electron chi connectivity index (χ4n) is 2.00. The summed E-state index contributed by atoms with van der Waals surface area (Å²) in [5.41, 5.74) is 0. The van der Waals surface area contributed by atoms with Gasteiger partial charge in [0, 0.05) is 25.1 Å². The van der Waals surface area contributed by atoms with Crippen LogP contribution >= 0.6 is 11.8 Å². The second kappa shape index (κ2) is 5.01. The van der Waals surface area contributed by atoms with Crippen molar-refractivity contribution in [2.75, 3.05) is 24.2 Å². The van der Waals surface area contributed by atoms with Crippen LogP contribution in [0.15, 0.2) is 17.4 Å². The Bertz CT molecular complexity index is 359. The van der Waals surface area contributed by atoms with Gasteiger partial charge in [-0.2, -0.15) is 0 Å². The van der Waals surface area contributed by atoms with Crippen LogP contribution in [-0.4, -0.2) is 40.5 Å². The van der Waals surface area contributed by atoms with Crippen LogP contribution < -0.4 is 4.90 Å². The fraction of sp³-hybridized carbons (Fsp3) is 0.636. The van der Waals surface area contributed by atoms with Crippen molar-refractivity contribution >= 4 is 17.6 Å². The maximum Gasteiger partial charge on any atom is 0.133 e. The molecule has 0 bridgehead atoms. The van der Waals surface area contributed by atoms with Gasteiger partial charge in [0.25, 0.3) is 0 Å². The molecule has 2 rings (SSSR count). The van der Waals surface area contributed by atoms with Gasteiger partial charge in [-0.05, 0) is 19.6 Å². The molecule has 2 heterocycles. The van der Waals surface area contributed by atoms with Gasteiger partial charge in [0.15, 0.2) is 0 Å². The maximum atomic E-state index is 9.55. The van der Waals surface area contributed by atoms with E-state index >= 15 is 0 Å². The van der Waals surface area contributed by atoms with E-state index in [4.69, 9.17) is 0 Å². The zero-order valence-corrected chi connectivity index (χ0v) is 10.4. The molecule has 5 heteroatoms. The van der Waals surface area contributed by atoms with Crippen LogP contribution in [0.2, 0.25) is 0 Å². The van der Waals surface area contributed by atoms with Gasteiger partial charge in [-0.15, -0.1) is 11.8 Å². The lowest BCUT2D eigenvalue weighted by molar-refractivity contribution is 0.136. The summed E-state index contributed by atoms with van der Waals surface area (Å²) in [4.78, 5) is 10.7. The molecule has 1 fully saturated rings. The number of aromatic nitrogens is 2. The normalized spacial score (nSPS) is 22.4. The van der Waals surface area contributed by atoms with E-state index in [9.17, 15) is 5.11 Å². The van der Waals surface area contributed by atoms with E-state index in [2.05, 4.69) is 14.9 Å². The highest BCUT2D eigenvalue weighted by Gasteiger charge is 2.26. The Morgan fingerprint density at radius 1 is 1.56 bits per heavy atom. The zero-order chi connectivity index (χ0) is 11.5. The third-order valence-corrected chi connectivity index (χ3v) is 3.71. The van der Waals surface area contributed by atoms with E-state index in [1.807, 2.05) is 19.2 Å². The first kappa shape index (κ1) is 11.7. The predicted octanol–water partition coefficient (Wildman–Crippen LogP) is 1.41. The Hall–Kier alpha value is -0.810. The van der Waals surface area contributed by atoms with Gasteiger partial charge >= 0.3 is 0 Å². The lowest BCUT2D eigenvalue weighted by atomic mass is 10.0. The molecule has 1 aliphatic heterocycles. The molecule has 0 aromatic carbocycles. The number of anilines is 1. The van der Waals surface area contributed by atoms with Crippen LogP contribution in [0.5, 0.6) is 0 Å². The number of aliphatic hydroxyl groups excluding tert-OH is 1. The van der Waals surface area contributed by atoms with Crippen LogP contribution in [-0.2, 0) is 0 Å². The molecule has 1 saturated heterocycles. The summed E-state index contributed by atoms with van der Waals surface area (Å²) >= 11 is 1.62. The summed E-state index contributed by atoms with van der Waals surface area (Å²) in [7, 11) is 0. The van der Waals surface area contributed by atoms with Gasteiger partial charge in [0.2, 0.25) is 0 Å². The zero-order valence-electron chi connectivity index (χ0n) is 9.63. The predicted molar refractivity (Wildman–Crippen MR) is 65.8 cm³/mol. The van der Waals surface area contributed by atoms with E-state index in [0.29, 0.717) is 5.92 Å². The van der Waals surface area contributed by atoms with Crippen LogP contribution in [0, 0.1) is 5.92 Å². The van der Waals surface area contributed by atoms with Crippen LogP contribution in [0.3, 0.4) is 0 Å². The highest BCUT2D eigenvalue weighted by molar-refractivity contribution is 7.98. The molecule has 88 valence electrons. The van der Waals surface area contributed by atoms with Crippen molar-refractivity contribution in [1.82, 2.24) is 9.97 Å². The second-order valence-corrected chi connectivity index (χ2v) is 4.98. The highest BCUT2D eigenvalue weighted by atomic mass is 32.2. The lowest BCUT2D eigenvalue weighted by Gasteiger charge is -2.18. The molecular formula is C11H17N3OS. The van der Waals surface area contributed by atoms with E-state index in [-0.39, 0.29) is 6.10 Å². The summed E-state index contributed by atoms with van der Waals surface area (Å²) in [5.74, 6) is 1.34. The Balaban J connectivity index is 2.08. The van der Waals surface area contributed by atoms with Crippen LogP contribution in [0.25, 0.3) is 0 Å². The van der Waals surface area contributed by atoms with Gasteiger partial charge < -0.3 is 10.0 Å². The number of aliphatic hydroxyl groups is 1. The van der Waals surface area contributed by atoms with E-state index in [0.717, 1.165) is 30.4 Å². The van der Waals surface area contributed by atoms with Gasteiger partial charge in [0.1, 0.15) is 17.2 Å². The Morgan fingerprint density at radius 3 is 3.00 bits per heavy atom. The smallest absolute Gasteiger partial charge is 0.133 e. The SMILES string of the molecule is CSc1cc(N2CCC(C(C)O)C2)ncn1. The summed E-state index contributed by atoms with van der Waals surface area (Å²) in [6.45, 7) is 3.73. The van der Waals surface area contributed by atoms with E-state index < -0.39 is 0 Å². The van der Waals surface area contributed by atoms with E-state index in [1.54, 1.807) is 18.1 Å². The molecule has 0 amide bonds. The highest BCUT2D eigenvalue weighted by Crippen LogP contribution is 2.25. The van der Waals surface area contributed by atoms with Gasteiger partial charge in [-0.3, -0.25) is 0 Å². The minimum Gasteiger partial charge on any atom is -0.393 e. The average molecular weight is 239 g/mol. The van der Waals surface area contributed by atoms with Crippen molar-refractivity contribution in [3.8, 4) is 0 Å². The standard InChI is InChI=1S/C11H17N3OS/c1-8(15)9-3-4-14(6-9)10-5-11(16-2)13-7-12-10/h5,7-9,15H,3-4,6H2,1-2H3. The van der Waals surface area contributed by atoms with Crippen molar-refractivity contribution in [2.45, 2.75) is 24.5 Å². The molecule has 0 aliphatic carbocycles. The average Bonchev–Trinajstić information content (AvgIpc) is 2.78. The van der Waals surface area contributed by atoms with Gasteiger partial charge in [-0.25, -0.2) is 9.97 Å². The third-order valence-electron chi connectivity index (χ3n) is 3.07. The van der Waals surface area contributed by atoms with Crippen molar-refractivity contribution in [1.29, 1.82) is 0 Å². The lowest BCUT2D eigenvalue weighted by Crippen LogP contribution is -2.24. The number of hydrogen-bond acceptors (Lipinski definition) is 5. The monoisotopic (exact) mass is 239 g/mol. The fourth-order valence-corrected chi connectivity index (χ4v) is 2.38. The molecule has 1 aromatic rings. The van der Waals surface area contributed by atoms with E-state index in [1.165, 1.54) is 0 Å². The first-order chi connectivity index (χ1) is 7.70. The van der Waals surface area contributed by atoms with Crippen molar-refractivity contribution in [3.05, 3.63) is 12.4 Å². The Labute approximate surface area is 100 Å². The number of rotatable bonds is 3. The number of nitrogens with zero attached hydrogens (tertiary/aromatic N) is 3. The number of thioether (sulfide) groups is 1. The van der Waals surface area contributed by atoms with Crippen molar-refractivity contribution in [3.63, 3.8) is 0 Å². The molecule has 1 N–H and O–H groups in total. The summed E-state index contributed by atoms with van der Waals surface area (Å²) in [5, 5.41) is 10.5. The summed E-state index contributed by atoms with van der Waals surface area (Å²) in [6, 6.07) is 2.01. The number of hydrogen-bond donors (Lipinski definition) is 1. The molecule has 4 nitrogen and oxygen atoms in total. The maximum absolute atomic E-state index is 9.55. The minimum absolute atomic E-state index is 0.230. The molecule has 0 saturated carbocycles.